The molecule has 2 aliphatic heterocycles. The standard InChI is InChI=1S/C20H25ClFNO2.ClH/c1-25-20(24)19-17(12-2-4-15(21)5-3-12)9-16-6-7-18(19)23(16)11-14-8-13(14)10-22;/h2-5,13-14,16-19H,6-11H2,1H3;1H/t13-,14-,16+,17-,18-,19+;/m1./s1. The third-order valence-electron chi connectivity index (χ3n) is 6.55. The highest BCUT2D eigenvalue weighted by Gasteiger charge is 2.52. The molecule has 2 bridgehead atoms. The number of carbonyl (C=O) groups is 1. The Hall–Kier alpha value is -0.840. The van der Waals surface area contributed by atoms with E-state index < -0.39 is 0 Å². The zero-order valence-corrected chi connectivity index (χ0v) is 16.5. The molecule has 3 fully saturated rings. The van der Waals surface area contributed by atoms with Gasteiger partial charge in [-0.15, -0.1) is 12.4 Å². The van der Waals surface area contributed by atoms with Crippen LogP contribution in [0.25, 0.3) is 0 Å². The molecular formula is C20H26Cl2FNO2. The zero-order valence-electron chi connectivity index (χ0n) is 14.9. The summed E-state index contributed by atoms with van der Waals surface area (Å²) in [6, 6.07) is 8.58. The van der Waals surface area contributed by atoms with E-state index in [-0.39, 0.29) is 48.8 Å². The minimum atomic E-state index is -0.207. The van der Waals surface area contributed by atoms with Crippen LogP contribution in [0.5, 0.6) is 0 Å². The van der Waals surface area contributed by atoms with Crippen molar-refractivity contribution in [3.8, 4) is 0 Å². The lowest BCUT2D eigenvalue weighted by Crippen LogP contribution is -2.51. The van der Waals surface area contributed by atoms with Gasteiger partial charge in [0.15, 0.2) is 0 Å². The predicted octanol–water partition coefficient (Wildman–Crippen LogP) is 4.48. The van der Waals surface area contributed by atoms with Crippen LogP contribution in [0.4, 0.5) is 4.39 Å². The van der Waals surface area contributed by atoms with Gasteiger partial charge in [0.25, 0.3) is 0 Å². The van der Waals surface area contributed by atoms with Crippen molar-refractivity contribution in [1.82, 2.24) is 4.90 Å². The number of methoxy groups -OCH3 is 1. The maximum Gasteiger partial charge on any atom is 0.310 e. The molecule has 0 amide bonds. The highest BCUT2D eigenvalue weighted by Crippen LogP contribution is 2.50. The van der Waals surface area contributed by atoms with Crippen LogP contribution < -0.4 is 0 Å². The number of benzene rings is 1. The average Bonchev–Trinajstić information content (AvgIpc) is 3.32. The van der Waals surface area contributed by atoms with Crippen LogP contribution in [-0.2, 0) is 9.53 Å². The zero-order chi connectivity index (χ0) is 17.6. The van der Waals surface area contributed by atoms with Crippen molar-refractivity contribution in [3.63, 3.8) is 0 Å². The summed E-state index contributed by atoms with van der Waals surface area (Å²) in [6.45, 7) is 0.729. The molecule has 1 aromatic rings. The molecule has 6 atom stereocenters. The van der Waals surface area contributed by atoms with Crippen molar-refractivity contribution in [2.75, 3.05) is 20.3 Å². The predicted molar refractivity (Wildman–Crippen MR) is 103 cm³/mol. The summed E-state index contributed by atoms with van der Waals surface area (Å²) in [7, 11) is 1.48. The van der Waals surface area contributed by atoms with E-state index in [9.17, 15) is 9.18 Å². The molecule has 1 aliphatic carbocycles. The fourth-order valence-corrected chi connectivity index (χ4v) is 5.23. The Kier molecular flexibility index (Phi) is 6.15. The van der Waals surface area contributed by atoms with Crippen LogP contribution in [0.15, 0.2) is 24.3 Å². The lowest BCUT2D eigenvalue weighted by molar-refractivity contribution is -0.150. The van der Waals surface area contributed by atoms with E-state index in [2.05, 4.69) is 4.90 Å². The number of ether oxygens (including phenoxy) is 1. The molecule has 1 saturated carbocycles. The number of halogens is 3. The Morgan fingerprint density at radius 1 is 1.23 bits per heavy atom. The van der Waals surface area contributed by atoms with Gasteiger partial charge in [0.1, 0.15) is 0 Å². The number of piperidine rings is 1. The molecule has 144 valence electrons. The van der Waals surface area contributed by atoms with E-state index >= 15 is 0 Å². The molecule has 3 nitrogen and oxygen atoms in total. The molecule has 0 N–H and O–H groups in total. The van der Waals surface area contributed by atoms with Crippen LogP contribution in [-0.4, -0.2) is 43.3 Å². The molecule has 0 radical (unpaired) electrons. The van der Waals surface area contributed by atoms with Gasteiger partial charge in [0.2, 0.25) is 0 Å². The first kappa shape index (κ1) is 19.9. The Balaban J connectivity index is 0.00000196. The molecule has 26 heavy (non-hydrogen) atoms. The van der Waals surface area contributed by atoms with Crippen molar-refractivity contribution in [1.29, 1.82) is 0 Å². The Morgan fingerprint density at radius 2 is 1.96 bits per heavy atom. The smallest absolute Gasteiger partial charge is 0.310 e. The van der Waals surface area contributed by atoms with Gasteiger partial charge in [-0.05, 0) is 55.2 Å². The van der Waals surface area contributed by atoms with Crippen LogP contribution in [0, 0.1) is 17.8 Å². The topological polar surface area (TPSA) is 29.5 Å². The van der Waals surface area contributed by atoms with Crippen molar-refractivity contribution in [3.05, 3.63) is 34.9 Å². The first-order valence-corrected chi connectivity index (χ1v) is 9.65. The van der Waals surface area contributed by atoms with Crippen molar-refractivity contribution >= 4 is 30.0 Å². The molecule has 0 aromatic heterocycles. The first-order valence-electron chi connectivity index (χ1n) is 9.27. The summed E-state index contributed by atoms with van der Waals surface area (Å²) in [5, 5.41) is 0.713. The fourth-order valence-electron chi connectivity index (χ4n) is 5.10. The minimum Gasteiger partial charge on any atom is -0.469 e. The lowest BCUT2D eigenvalue weighted by atomic mass is 9.76. The normalized spacial score (nSPS) is 35.7. The number of carbonyl (C=O) groups excluding carboxylic acids is 1. The maximum absolute atomic E-state index is 12.9. The van der Waals surface area contributed by atoms with Crippen LogP contribution >= 0.6 is 24.0 Å². The molecule has 0 unspecified atom stereocenters. The van der Waals surface area contributed by atoms with Gasteiger partial charge in [-0.1, -0.05) is 23.7 Å². The van der Waals surface area contributed by atoms with Gasteiger partial charge in [0.05, 0.1) is 19.7 Å². The highest BCUT2D eigenvalue weighted by atomic mass is 35.5. The van der Waals surface area contributed by atoms with Crippen LogP contribution in [0.3, 0.4) is 0 Å². The van der Waals surface area contributed by atoms with E-state index in [1.54, 1.807) is 0 Å². The van der Waals surface area contributed by atoms with Crippen LogP contribution in [0.1, 0.15) is 37.2 Å². The number of fused-ring (bicyclic) bond motifs is 2. The minimum absolute atomic E-state index is 0. The maximum atomic E-state index is 12.9. The van der Waals surface area contributed by atoms with E-state index in [0.717, 1.165) is 32.2 Å². The fraction of sp³-hybridized carbons (Fsp3) is 0.650. The molecule has 6 heteroatoms. The van der Waals surface area contributed by atoms with E-state index in [0.29, 0.717) is 17.0 Å². The van der Waals surface area contributed by atoms with Crippen molar-refractivity contribution in [2.45, 2.75) is 43.7 Å². The average molecular weight is 402 g/mol. The van der Waals surface area contributed by atoms with Crippen molar-refractivity contribution in [2.24, 2.45) is 17.8 Å². The second kappa shape index (κ2) is 8.04. The Morgan fingerprint density at radius 3 is 2.58 bits per heavy atom. The van der Waals surface area contributed by atoms with Gasteiger partial charge < -0.3 is 4.74 Å². The molecular weight excluding hydrogens is 376 g/mol. The summed E-state index contributed by atoms with van der Waals surface area (Å²) in [6.07, 6.45) is 4.11. The van der Waals surface area contributed by atoms with Gasteiger partial charge in [0, 0.05) is 29.6 Å². The Bertz CT molecular complexity index is 641. The van der Waals surface area contributed by atoms with E-state index in [1.165, 1.54) is 12.7 Å². The molecule has 0 spiro atoms. The number of nitrogens with zero attached hydrogens (tertiary/aromatic N) is 1. The SMILES string of the molecule is COC(=O)[C@H]1[C@@H](c2ccc(Cl)cc2)C[C@@H]2CC[C@H]1N2C[C@H]1C[C@@H]1CF.Cl. The lowest BCUT2D eigenvalue weighted by Gasteiger charge is -2.44. The van der Waals surface area contributed by atoms with E-state index in [1.807, 2.05) is 24.3 Å². The number of esters is 1. The molecule has 2 saturated heterocycles. The van der Waals surface area contributed by atoms with Crippen LogP contribution in [0.2, 0.25) is 5.02 Å². The summed E-state index contributed by atoms with van der Waals surface area (Å²) >= 11 is 6.03. The monoisotopic (exact) mass is 401 g/mol. The summed E-state index contributed by atoms with van der Waals surface area (Å²) in [5.41, 5.74) is 1.17. The van der Waals surface area contributed by atoms with Gasteiger partial charge in [-0.25, -0.2) is 0 Å². The molecule has 4 rings (SSSR count). The first-order chi connectivity index (χ1) is 12.1. The molecule has 1 aromatic carbocycles. The number of hydrogen-bond donors (Lipinski definition) is 0. The molecule has 2 heterocycles. The summed E-state index contributed by atoms with van der Waals surface area (Å²) in [5.74, 6) is 0.624. The third kappa shape index (κ3) is 3.61. The second-order valence-electron chi connectivity index (χ2n) is 7.85. The largest absolute Gasteiger partial charge is 0.469 e. The Labute approximate surface area is 165 Å². The summed E-state index contributed by atoms with van der Waals surface area (Å²) in [4.78, 5) is 15.1. The number of rotatable bonds is 5. The van der Waals surface area contributed by atoms with Gasteiger partial charge in [-0.2, -0.15) is 0 Å². The second-order valence-corrected chi connectivity index (χ2v) is 8.28. The van der Waals surface area contributed by atoms with E-state index in [4.69, 9.17) is 16.3 Å². The van der Waals surface area contributed by atoms with Gasteiger partial charge >= 0.3 is 5.97 Å². The number of alkyl halides is 1. The quantitative estimate of drug-likeness (QED) is 0.681. The molecule has 3 aliphatic rings. The highest BCUT2D eigenvalue weighted by molar-refractivity contribution is 6.30. The summed E-state index contributed by atoms with van der Waals surface area (Å²) < 4.78 is 18.0. The number of hydrogen-bond acceptors (Lipinski definition) is 3. The van der Waals surface area contributed by atoms with Crippen molar-refractivity contribution < 1.29 is 13.9 Å². The van der Waals surface area contributed by atoms with Gasteiger partial charge in [-0.3, -0.25) is 14.1 Å². The third-order valence-corrected chi connectivity index (χ3v) is 6.80.